The standard InChI is InChI=1S/C23H41NO/c1-14(24)15-10-12-22(4)16(15)6-7-18-17(22)8-9-19-21(2,3)20(25)11-13-23(18,19)5/h14-20,25H,6-13,24H2,1-5H3/t14-,15-,16-,17-,18+,19+,20+,22-,23-/m1/s1. The molecular weight excluding hydrogens is 306 g/mol. The van der Waals surface area contributed by atoms with Crippen molar-refractivity contribution in [3.63, 3.8) is 0 Å². The fraction of sp³-hybridized carbons (Fsp3) is 1.00. The highest BCUT2D eigenvalue weighted by Gasteiger charge is 2.63. The Morgan fingerprint density at radius 2 is 1.36 bits per heavy atom. The molecule has 4 aliphatic carbocycles. The summed E-state index contributed by atoms with van der Waals surface area (Å²) in [5.74, 6) is 4.06. The van der Waals surface area contributed by atoms with Crippen molar-refractivity contribution in [3.8, 4) is 0 Å². The van der Waals surface area contributed by atoms with Crippen LogP contribution in [0.3, 0.4) is 0 Å². The number of rotatable bonds is 1. The van der Waals surface area contributed by atoms with Gasteiger partial charge in [0.15, 0.2) is 0 Å². The number of nitrogens with two attached hydrogens (primary N) is 1. The predicted octanol–water partition coefficient (Wildman–Crippen LogP) is 4.99. The summed E-state index contributed by atoms with van der Waals surface area (Å²) in [6.07, 6.45) is 10.4. The number of aliphatic hydroxyl groups is 1. The summed E-state index contributed by atoms with van der Waals surface area (Å²) in [6, 6.07) is 0.360. The van der Waals surface area contributed by atoms with Gasteiger partial charge in [-0.15, -0.1) is 0 Å². The van der Waals surface area contributed by atoms with Crippen LogP contribution in [-0.4, -0.2) is 17.3 Å². The molecule has 0 amide bonds. The van der Waals surface area contributed by atoms with Crippen LogP contribution in [0.2, 0.25) is 0 Å². The minimum absolute atomic E-state index is 0.0830. The topological polar surface area (TPSA) is 46.2 Å². The quantitative estimate of drug-likeness (QED) is 0.702. The van der Waals surface area contributed by atoms with Crippen LogP contribution in [-0.2, 0) is 0 Å². The Morgan fingerprint density at radius 3 is 2.04 bits per heavy atom. The summed E-state index contributed by atoms with van der Waals surface area (Å²) in [6.45, 7) is 12.2. The average Bonchev–Trinajstić information content (AvgIpc) is 2.89. The molecule has 0 spiro atoms. The van der Waals surface area contributed by atoms with Crippen LogP contribution in [0, 0.1) is 45.8 Å². The van der Waals surface area contributed by atoms with E-state index in [-0.39, 0.29) is 11.5 Å². The molecule has 4 saturated carbocycles. The molecule has 0 aromatic heterocycles. The molecule has 0 aliphatic heterocycles. The number of hydrogen-bond donors (Lipinski definition) is 2. The lowest BCUT2D eigenvalue weighted by atomic mass is 9.40. The summed E-state index contributed by atoms with van der Waals surface area (Å²) < 4.78 is 0. The van der Waals surface area contributed by atoms with Crippen LogP contribution in [0.25, 0.3) is 0 Å². The van der Waals surface area contributed by atoms with E-state index in [0.29, 0.717) is 22.8 Å². The summed E-state index contributed by atoms with van der Waals surface area (Å²) in [4.78, 5) is 0. The van der Waals surface area contributed by atoms with Gasteiger partial charge in [-0.05, 0) is 104 Å². The van der Waals surface area contributed by atoms with Gasteiger partial charge in [0.2, 0.25) is 0 Å². The molecule has 0 heterocycles. The van der Waals surface area contributed by atoms with Crippen molar-refractivity contribution in [3.05, 3.63) is 0 Å². The molecule has 144 valence electrons. The van der Waals surface area contributed by atoms with Gasteiger partial charge in [0.25, 0.3) is 0 Å². The fourth-order valence-corrected chi connectivity index (χ4v) is 8.89. The molecule has 0 radical (unpaired) electrons. The highest BCUT2D eigenvalue weighted by Crippen LogP contribution is 2.70. The minimum atomic E-state index is -0.108. The normalized spacial score (nSPS) is 55.8. The van der Waals surface area contributed by atoms with E-state index in [9.17, 15) is 5.11 Å². The molecule has 0 bridgehead atoms. The van der Waals surface area contributed by atoms with Gasteiger partial charge in [-0.3, -0.25) is 0 Å². The summed E-state index contributed by atoms with van der Waals surface area (Å²) >= 11 is 0. The zero-order chi connectivity index (χ0) is 18.2. The largest absolute Gasteiger partial charge is 0.393 e. The van der Waals surface area contributed by atoms with E-state index in [1.54, 1.807) is 0 Å². The molecular formula is C23H41NO. The predicted molar refractivity (Wildman–Crippen MR) is 104 cm³/mol. The molecule has 2 heteroatoms. The van der Waals surface area contributed by atoms with E-state index in [2.05, 4.69) is 34.6 Å². The van der Waals surface area contributed by atoms with Crippen LogP contribution in [0.5, 0.6) is 0 Å². The van der Waals surface area contributed by atoms with Crippen molar-refractivity contribution in [2.45, 2.75) is 98.1 Å². The molecule has 0 saturated heterocycles. The monoisotopic (exact) mass is 347 g/mol. The van der Waals surface area contributed by atoms with Crippen molar-refractivity contribution in [1.29, 1.82) is 0 Å². The Hall–Kier alpha value is -0.0800. The highest BCUT2D eigenvalue weighted by molar-refractivity contribution is 5.13. The van der Waals surface area contributed by atoms with Gasteiger partial charge in [-0.2, -0.15) is 0 Å². The molecule has 0 unspecified atom stereocenters. The second kappa shape index (κ2) is 5.71. The van der Waals surface area contributed by atoms with Crippen LogP contribution < -0.4 is 5.73 Å². The van der Waals surface area contributed by atoms with Crippen LogP contribution in [0.1, 0.15) is 86.0 Å². The Labute approximate surface area is 155 Å². The van der Waals surface area contributed by atoms with E-state index < -0.39 is 0 Å². The first-order valence-electron chi connectivity index (χ1n) is 11.1. The number of hydrogen-bond acceptors (Lipinski definition) is 2. The molecule has 0 aromatic carbocycles. The molecule has 0 aromatic rings. The van der Waals surface area contributed by atoms with Gasteiger partial charge < -0.3 is 10.8 Å². The summed E-state index contributed by atoms with van der Waals surface area (Å²) in [7, 11) is 0. The van der Waals surface area contributed by atoms with Crippen LogP contribution in [0.4, 0.5) is 0 Å². The maximum atomic E-state index is 10.7. The first-order valence-corrected chi connectivity index (χ1v) is 11.1. The molecule has 25 heavy (non-hydrogen) atoms. The third-order valence-corrected chi connectivity index (χ3v) is 10.3. The maximum absolute atomic E-state index is 10.7. The first kappa shape index (κ1) is 18.3. The van der Waals surface area contributed by atoms with Gasteiger partial charge in [0, 0.05) is 6.04 Å². The van der Waals surface area contributed by atoms with Crippen molar-refractivity contribution >= 4 is 0 Å². The van der Waals surface area contributed by atoms with E-state index in [4.69, 9.17) is 5.73 Å². The molecule has 4 aliphatic rings. The molecule has 3 N–H and O–H groups in total. The van der Waals surface area contributed by atoms with Crippen LogP contribution in [0.15, 0.2) is 0 Å². The summed E-state index contributed by atoms with van der Waals surface area (Å²) in [5, 5.41) is 10.7. The van der Waals surface area contributed by atoms with Gasteiger partial charge in [0.1, 0.15) is 0 Å². The van der Waals surface area contributed by atoms with Gasteiger partial charge in [-0.25, -0.2) is 0 Å². The zero-order valence-corrected chi connectivity index (χ0v) is 17.2. The van der Waals surface area contributed by atoms with Crippen molar-refractivity contribution in [2.75, 3.05) is 0 Å². The van der Waals surface area contributed by atoms with E-state index in [1.165, 1.54) is 44.9 Å². The fourth-order valence-electron chi connectivity index (χ4n) is 8.89. The van der Waals surface area contributed by atoms with E-state index >= 15 is 0 Å². The van der Waals surface area contributed by atoms with Crippen molar-refractivity contribution < 1.29 is 5.11 Å². The third-order valence-electron chi connectivity index (χ3n) is 10.3. The van der Waals surface area contributed by atoms with Crippen LogP contribution >= 0.6 is 0 Å². The lowest BCUT2D eigenvalue weighted by Crippen LogP contribution is -2.60. The summed E-state index contributed by atoms with van der Waals surface area (Å²) in [5.41, 5.74) is 7.43. The molecule has 4 fully saturated rings. The molecule has 4 rings (SSSR count). The lowest BCUT2D eigenvalue weighted by Gasteiger charge is -2.65. The maximum Gasteiger partial charge on any atom is 0.0594 e. The highest BCUT2D eigenvalue weighted by atomic mass is 16.3. The Kier molecular flexibility index (Phi) is 4.18. The van der Waals surface area contributed by atoms with Crippen molar-refractivity contribution in [2.24, 2.45) is 51.6 Å². The van der Waals surface area contributed by atoms with E-state index in [1.807, 2.05) is 0 Å². The Bertz CT molecular complexity index is 528. The smallest absolute Gasteiger partial charge is 0.0594 e. The SMILES string of the molecule is C[C@@H](N)[C@H]1CC[C@]2(C)[C@@H]1CC[C@H]1[C@H]2CC[C@H]2C(C)(C)[C@@H](O)CC[C@]12C. The number of aliphatic hydroxyl groups excluding tert-OH is 1. The second-order valence-electron chi connectivity index (χ2n) is 11.5. The molecule has 9 atom stereocenters. The lowest BCUT2D eigenvalue weighted by molar-refractivity contribution is -0.184. The van der Waals surface area contributed by atoms with E-state index in [0.717, 1.165) is 30.1 Å². The van der Waals surface area contributed by atoms with Gasteiger partial charge in [0.05, 0.1) is 6.10 Å². The average molecular weight is 348 g/mol. The number of fused-ring (bicyclic) bond motifs is 5. The Balaban J connectivity index is 1.66. The van der Waals surface area contributed by atoms with Crippen molar-refractivity contribution in [1.82, 2.24) is 0 Å². The molecule has 2 nitrogen and oxygen atoms in total. The first-order chi connectivity index (χ1) is 11.6. The van der Waals surface area contributed by atoms with Gasteiger partial charge >= 0.3 is 0 Å². The Morgan fingerprint density at radius 1 is 0.800 bits per heavy atom. The minimum Gasteiger partial charge on any atom is -0.393 e. The van der Waals surface area contributed by atoms with Gasteiger partial charge in [-0.1, -0.05) is 27.7 Å². The third kappa shape index (κ3) is 2.35. The second-order valence-corrected chi connectivity index (χ2v) is 11.5. The zero-order valence-electron chi connectivity index (χ0n) is 17.2.